The zero-order valence-corrected chi connectivity index (χ0v) is 23.6. The van der Waals surface area contributed by atoms with E-state index in [0.29, 0.717) is 30.9 Å². The van der Waals surface area contributed by atoms with Crippen LogP contribution in [0.1, 0.15) is 39.0 Å². The Morgan fingerprint density at radius 2 is 1.82 bits per heavy atom. The number of para-hydroxylation sites is 1. The summed E-state index contributed by atoms with van der Waals surface area (Å²) in [5.41, 5.74) is 7.43. The molecule has 0 bridgehead atoms. The van der Waals surface area contributed by atoms with Gasteiger partial charge in [0.15, 0.2) is 0 Å². The number of carbonyl (C=O) groups excluding carboxylic acids is 2. The molecule has 2 aliphatic rings. The quantitative estimate of drug-likeness (QED) is 0.389. The van der Waals surface area contributed by atoms with Crippen LogP contribution < -0.4 is 10.1 Å². The number of aryl methyl sites for hydroxylation is 1. The minimum Gasteiger partial charge on any atom is -0.491 e. The molecule has 1 N–H and O–H groups in total. The van der Waals surface area contributed by atoms with Crippen LogP contribution in [-0.4, -0.2) is 68.1 Å². The lowest BCUT2D eigenvalue weighted by Crippen LogP contribution is -2.40. The highest BCUT2D eigenvalue weighted by Crippen LogP contribution is 2.29. The van der Waals surface area contributed by atoms with Gasteiger partial charge in [0.1, 0.15) is 12.4 Å². The number of nitrogens with one attached hydrogen (secondary N) is 1. The molecule has 5 rings (SSSR count). The van der Waals surface area contributed by atoms with Crippen LogP contribution >= 0.6 is 0 Å². The van der Waals surface area contributed by atoms with Crippen LogP contribution in [-0.2, 0) is 22.4 Å². The minimum absolute atomic E-state index is 0.0283. The predicted molar refractivity (Wildman–Crippen MR) is 157 cm³/mol. The standard InChI is InChI=1S/C33H37N3O4/c1-22-7-5-6-8-31(22)34-27-17-25-10-9-23(15-26(25)18-27)16-32(37)36-20-28(35(2)3)19-29(36)21-40-30-13-11-24(12-14-30)33(38)39-4/h5-15,18,28-29,34H,16-17,19-21H2,1-4H3/t28-,29-/m0/s1. The first-order valence-electron chi connectivity index (χ1n) is 13.7. The fraction of sp³-hybridized carbons (Fsp3) is 0.333. The molecule has 0 saturated carbocycles. The molecule has 1 heterocycles. The van der Waals surface area contributed by atoms with Crippen molar-refractivity contribution in [3.8, 4) is 5.75 Å². The first kappa shape index (κ1) is 27.5. The highest BCUT2D eigenvalue weighted by Gasteiger charge is 2.36. The number of fused-ring (bicyclic) bond motifs is 1. The second-order valence-corrected chi connectivity index (χ2v) is 10.9. The summed E-state index contributed by atoms with van der Waals surface area (Å²) in [5, 5.41) is 3.57. The third-order valence-corrected chi connectivity index (χ3v) is 7.88. The number of anilines is 1. The maximum atomic E-state index is 13.6. The van der Waals surface area contributed by atoms with Gasteiger partial charge in [0.2, 0.25) is 5.91 Å². The molecule has 1 saturated heterocycles. The van der Waals surface area contributed by atoms with Crippen molar-refractivity contribution in [3.63, 3.8) is 0 Å². The third-order valence-electron chi connectivity index (χ3n) is 7.88. The molecule has 40 heavy (non-hydrogen) atoms. The van der Waals surface area contributed by atoms with E-state index in [1.165, 1.54) is 23.8 Å². The zero-order valence-electron chi connectivity index (χ0n) is 23.6. The first-order valence-corrected chi connectivity index (χ1v) is 13.7. The summed E-state index contributed by atoms with van der Waals surface area (Å²) < 4.78 is 10.8. The molecular weight excluding hydrogens is 502 g/mol. The number of allylic oxidation sites excluding steroid dienone is 1. The monoisotopic (exact) mass is 539 g/mol. The Hall–Kier alpha value is -4.10. The van der Waals surface area contributed by atoms with Gasteiger partial charge in [-0.15, -0.1) is 0 Å². The van der Waals surface area contributed by atoms with Crippen molar-refractivity contribution in [2.45, 2.75) is 38.3 Å². The van der Waals surface area contributed by atoms with Crippen LogP contribution in [0.15, 0.2) is 72.4 Å². The number of nitrogens with zero attached hydrogens (tertiary/aromatic N) is 2. The molecule has 0 aromatic heterocycles. The summed E-state index contributed by atoms with van der Waals surface area (Å²) >= 11 is 0. The second-order valence-electron chi connectivity index (χ2n) is 10.9. The number of amides is 1. The molecule has 1 aliphatic heterocycles. The van der Waals surface area contributed by atoms with Gasteiger partial charge in [0.25, 0.3) is 0 Å². The molecule has 0 unspecified atom stereocenters. The van der Waals surface area contributed by atoms with E-state index in [4.69, 9.17) is 9.47 Å². The van der Waals surface area contributed by atoms with Gasteiger partial charge >= 0.3 is 5.97 Å². The lowest BCUT2D eigenvalue weighted by Gasteiger charge is -2.25. The van der Waals surface area contributed by atoms with E-state index in [1.807, 2.05) is 17.0 Å². The zero-order chi connectivity index (χ0) is 28.2. The Morgan fingerprint density at radius 3 is 2.55 bits per heavy atom. The molecule has 7 heteroatoms. The normalized spacial score (nSPS) is 17.9. The molecule has 2 atom stereocenters. The summed E-state index contributed by atoms with van der Waals surface area (Å²) in [5.74, 6) is 0.391. The van der Waals surface area contributed by atoms with Gasteiger partial charge in [0, 0.05) is 30.4 Å². The average Bonchev–Trinajstić information content (AvgIpc) is 3.57. The van der Waals surface area contributed by atoms with E-state index in [0.717, 1.165) is 29.8 Å². The summed E-state index contributed by atoms with van der Waals surface area (Å²) in [7, 11) is 5.47. The number of methoxy groups -OCH3 is 1. The summed E-state index contributed by atoms with van der Waals surface area (Å²) in [6.45, 7) is 3.18. The van der Waals surface area contributed by atoms with Gasteiger partial charge in [-0.1, -0.05) is 36.4 Å². The van der Waals surface area contributed by atoms with Crippen molar-refractivity contribution in [1.82, 2.24) is 9.80 Å². The first-order chi connectivity index (χ1) is 19.3. The molecule has 3 aromatic carbocycles. The number of likely N-dealkylation sites (N-methyl/N-ethyl adjacent to an activating group) is 1. The fourth-order valence-electron chi connectivity index (χ4n) is 5.46. The number of hydrogen-bond acceptors (Lipinski definition) is 6. The average molecular weight is 540 g/mol. The van der Waals surface area contributed by atoms with Crippen LogP contribution in [0.3, 0.4) is 0 Å². The molecule has 3 aromatic rings. The maximum Gasteiger partial charge on any atom is 0.337 e. The number of likely N-dealkylation sites (tertiary alicyclic amines) is 1. The number of benzene rings is 3. The molecule has 7 nitrogen and oxygen atoms in total. The lowest BCUT2D eigenvalue weighted by atomic mass is 10.0. The van der Waals surface area contributed by atoms with Gasteiger partial charge < -0.3 is 24.6 Å². The smallest absolute Gasteiger partial charge is 0.337 e. The summed E-state index contributed by atoms with van der Waals surface area (Å²) in [6.07, 6.45) is 4.25. The van der Waals surface area contributed by atoms with E-state index in [2.05, 4.69) is 67.6 Å². The van der Waals surface area contributed by atoms with Crippen LogP contribution in [0.4, 0.5) is 5.69 Å². The number of esters is 1. The number of ether oxygens (including phenoxy) is 2. The highest BCUT2D eigenvalue weighted by atomic mass is 16.5. The van der Waals surface area contributed by atoms with Gasteiger partial charge in [0.05, 0.1) is 25.1 Å². The van der Waals surface area contributed by atoms with Crippen molar-refractivity contribution in [1.29, 1.82) is 0 Å². The van der Waals surface area contributed by atoms with Gasteiger partial charge in [-0.2, -0.15) is 0 Å². The number of rotatable bonds is 9. The Balaban J connectivity index is 1.24. The topological polar surface area (TPSA) is 71.1 Å². The maximum absolute atomic E-state index is 13.6. The van der Waals surface area contributed by atoms with Crippen LogP contribution in [0.2, 0.25) is 0 Å². The molecule has 0 radical (unpaired) electrons. The fourth-order valence-corrected chi connectivity index (χ4v) is 5.46. The van der Waals surface area contributed by atoms with Gasteiger partial charge in [-0.25, -0.2) is 4.79 Å². The number of carbonyl (C=O) groups is 2. The molecule has 1 fully saturated rings. The molecule has 1 aliphatic carbocycles. The SMILES string of the molecule is COC(=O)c1ccc(OC[C@@H]2C[C@H](N(C)C)CN2C(=O)Cc2ccc3c(c2)C=C(Nc2ccccc2C)C3)cc1. The van der Waals surface area contributed by atoms with Crippen molar-refractivity contribution >= 4 is 23.6 Å². The van der Waals surface area contributed by atoms with Crippen molar-refractivity contribution in [2.24, 2.45) is 0 Å². The Kier molecular flexibility index (Phi) is 8.21. The Morgan fingerprint density at radius 1 is 1.05 bits per heavy atom. The largest absolute Gasteiger partial charge is 0.491 e. The molecule has 208 valence electrons. The lowest BCUT2D eigenvalue weighted by molar-refractivity contribution is -0.131. The Bertz CT molecular complexity index is 1410. The van der Waals surface area contributed by atoms with Gasteiger partial charge in [-0.3, -0.25) is 4.79 Å². The van der Waals surface area contributed by atoms with Crippen LogP contribution in [0.25, 0.3) is 6.08 Å². The predicted octanol–water partition coefficient (Wildman–Crippen LogP) is 4.94. The minimum atomic E-state index is -0.381. The number of hydrogen-bond donors (Lipinski definition) is 1. The summed E-state index contributed by atoms with van der Waals surface area (Å²) in [4.78, 5) is 29.4. The van der Waals surface area contributed by atoms with Crippen LogP contribution in [0, 0.1) is 6.92 Å². The highest BCUT2D eigenvalue weighted by molar-refractivity contribution is 5.89. The van der Waals surface area contributed by atoms with E-state index in [1.54, 1.807) is 24.3 Å². The third kappa shape index (κ3) is 6.20. The van der Waals surface area contributed by atoms with Crippen molar-refractivity contribution < 1.29 is 19.1 Å². The Labute approximate surface area is 236 Å². The van der Waals surface area contributed by atoms with Crippen LogP contribution in [0.5, 0.6) is 5.75 Å². The van der Waals surface area contributed by atoms with E-state index in [-0.39, 0.29) is 24.0 Å². The van der Waals surface area contributed by atoms with Crippen molar-refractivity contribution in [3.05, 3.63) is 100 Å². The van der Waals surface area contributed by atoms with Gasteiger partial charge in [-0.05, 0) is 86.1 Å². The molecule has 0 spiro atoms. The van der Waals surface area contributed by atoms with Crippen molar-refractivity contribution in [2.75, 3.05) is 39.7 Å². The van der Waals surface area contributed by atoms with E-state index in [9.17, 15) is 9.59 Å². The molecular formula is C33H37N3O4. The van der Waals surface area contributed by atoms with E-state index >= 15 is 0 Å². The summed E-state index contributed by atoms with van der Waals surface area (Å²) in [6, 6.07) is 21.8. The van der Waals surface area contributed by atoms with E-state index < -0.39 is 0 Å². The second kappa shape index (κ2) is 12.0. The molecule has 1 amide bonds.